The molecule has 0 spiro atoms. The van der Waals surface area contributed by atoms with E-state index in [1.54, 1.807) is 26.0 Å². The smallest absolute Gasteiger partial charge is 0.270 e. The molecule has 0 unspecified atom stereocenters. The topological polar surface area (TPSA) is 74.6 Å². The van der Waals surface area contributed by atoms with Crippen LogP contribution in [0, 0.1) is 0 Å². The second-order valence-corrected chi connectivity index (χ2v) is 7.63. The molecule has 4 rings (SSSR count). The van der Waals surface area contributed by atoms with Crippen LogP contribution < -0.4 is 19.5 Å². The molecule has 1 amide bonds. The summed E-state index contributed by atoms with van der Waals surface area (Å²) in [5.41, 5.74) is 3.19. The average Bonchev–Trinajstić information content (AvgIpc) is 3.56. The van der Waals surface area contributed by atoms with Crippen molar-refractivity contribution in [3.05, 3.63) is 65.5 Å². The molecule has 31 heavy (non-hydrogen) atoms. The van der Waals surface area contributed by atoms with Crippen molar-refractivity contribution in [3.8, 4) is 22.9 Å². The van der Waals surface area contributed by atoms with Crippen molar-refractivity contribution in [1.82, 2.24) is 15.1 Å². The van der Waals surface area contributed by atoms with Crippen LogP contribution in [0.3, 0.4) is 0 Å². The van der Waals surface area contributed by atoms with E-state index in [0.29, 0.717) is 28.9 Å². The Morgan fingerprint density at radius 2 is 1.68 bits per heavy atom. The molecule has 7 nitrogen and oxygen atoms in total. The minimum absolute atomic E-state index is 0.190. The monoisotopic (exact) mass is 421 g/mol. The molecule has 2 aromatic carbocycles. The molecule has 1 atom stereocenters. The minimum Gasteiger partial charge on any atom is -0.493 e. The lowest BCUT2D eigenvalue weighted by molar-refractivity contribution is 0.0932. The van der Waals surface area contributed by atoms with Gasteiger partial charge < -0.3 is 19.5 Å². The summed E-state index contributed by atoms with van der Waals surface area (Å²) in [6.07, 6.45) is 2.24. The standard InChI is InChI=1S/C24H27N3O4/c1-15(17-12-21(29-2)23(31-4)22(13-17)30-3)25-24(28)20-14-19(16-10-11-16)26-27(20)18-8-6-5-7-9-18/h5-9,12-16H,10-11H2,1-4H3,(H,25,28)/t15-/m1/s1. The number of para-hydroxylation sites is 1. The van der Waals surface area contributed by atoms with Crippen molar-refractivity contribution in [1.29, 1.82) is 0 Å². The van der Waals surface area contributed by atoms with Gasteiger partial charge in [-0.1, -0.05) is 18.2 Å². The normalized spacial score (nSPS) is 14.1. The Labute approximate surface area is 181 Å². The van der Waals surface area contributed by atoms with Crippen LogP contribution in [0.4, 0.5) is 0 Å². The van der Waals surface area contributed by atoms with Gasteiger partial charge in [-0.05, 0) is 55.7 Å². The first-order valence-corrected chi connectivity index (χ1v) is 10.3. The van der Waals surface area contributed by atoms with Gasteiger partial charge in [-0.2, -0.15) is 5.10 Å². The number of nitrogens with zero attached hydrogens (tertiary/aromatic N) is 2. The van der Waals surface area contributed by atoms with Gasteiger partial charge in [0.2, 0.25) is 5.75 Å². The maximum absolute atomic E-state index is 13.3. The first kappa shape index (κ1) is 20.8. The van der Waals surface area contributed by atoms with Gasteiger partial charge in [0.25, 0.3) is 5.91 Å². The molecule has 0 saturated heterocycles. The van der Waals surface area contributed by atoms with E-state index in [-0.39, 0.29) is 11.9 Å². The molecule has 1 heterocycles. The van der Waals surface area contributed by atoms with E-state index in [9.17, 15) is 4.79 Å². The van der Waals surface area contributed by atoms with E-state index < -0.39 is 0 Å². The molecular formula is C24H27N3O4. The Balaban J connectivity index is 1.63. The molecule has 1 aliphatic rings. The van der Waals surface area contributed by atoms with Gasteiger partial charge in [0, 0.05) is 5.92 Å². The summed E-state index contributed by atoms with van der Waals surface area (Å²) in [6, 6.07) is 15.0. The highest BCUT2D eigenvalue weighted by atomic mass is 16.5. The van der Waals surface area contributed by atoms with Gasteiger partial charge in [0.1, 0.15) is 5.69 Å². The molecule has 1 N–H and O–H groups in total. The molecule has 7 heteroatoms. The van der Waals surface area contributed by atoms with Crippen molar-refractivity contribution in [3.63, 3.8) is 0 Å². The summed E-state index contributed by atoms with van der Waals surface area (Å²) in [5, 5.41) is 7.80. The fraction of sp³-hybridized carbons (Fsp3) is 0.333. The zero-order valence-electron chi connectivity index (χ0n) is 18.2. The maximum atomic E-state index is 13.3. The second-order valence-electron chi connectivity index (χ2n) is 7.63. The van der Waals surface area contributed by atoms with Crippen molar-refractivity contribution in [2.45, 2.75) is 31.7 Å². The first-order valence-electron chi connectivity index (χ1n) is 10.3. The molecule has 0 aliphatic heterocycles. The van der Waals surface area contributed by atoms with E-state index in [2.05, 4.69) is 5.32 Å². The zero-order chi connectivity index (χ0) is 22.0. The van der Waals surface area contributed by atoms with Crippen LogP contribution in [-0.2, 0) is 0 Å². The molecule has 3 aromatic rings. The highest BCUT2D eigenvalue weighted by molar-refractivity contribution is 5.93. The minimum atomic E-state index is -0.287. The average molecular weight is 421 g/mol. The van der Waals surface area contributed by atoms with Crippen LogP contribution >= 0.6 is 0 Å². The number of amides is 1. The quantitative estimate of drug-likeness (QED) is 0.588. The predicted octanol–water partition coefficient (Wildman–Crippen LogP) is 4.27. The molecule has 0 bridgehead atoms. The molecule has 1 fully saturated rings. The number of carbonyl (C=O) groups is 1. The van der Waals surface area contributed by atoms with Crippen LogP contribution in [0.2, 0.25) is 0 Å². The second kappa shape index (κ2) is 8.71. The highest BCUT2D eigenvalue weighted by Gasteiger charge is 2.29. The highest BCUT2D eigenvalue weighted by Crippen LogP contribution is 2.41. The van der Waals surface area contributed by atoms with Gasteiger partial charge in [0.15, 0.2) is 11.5 Å². The van der Waals surface area contributed by atoms with Gasteiger partial charge >= 0.3 is 0 Å². The SMILES string of the molecule is COc1cc([C@@H](C)NC(=O)c2cc(C3CC3)nn2-c2ccccc2)cc(OC)c1OC. The molecule has 0 radical (unpaired) electrons. The molecule has 162 valence electrons. The number of ether oxygens (including phenoxy) is 3. The number of carbonyl (C=O) groups excluding carboxylic acids is 1. The fourth-order valence-corrected chi connectivity index (χ4v) is 3.61. The first-order chi connectivity index (χ1) is 15.0. The molecule has 1 aliphatic carbocycles. The molecule has 1 saturated carbocycles. The third-order valence-electron chi connectivity index (χ3n) is 5.49. The summed E-state index contributed by atoms with van der Waals surface area (Å²) in [7, 11) is 4.71. The Bertz CT molecular complexity index is 1050. The largest absolute Gasteiger partial charge is 0.493 e. The third-order valence-corrected chi connectivity index (χ3v) is 5.49. The fourth-order valence-electron chi connectivity index (χ4n) is 3.61. The predicted molar refractivity (Wildman–Crippen MR) is 118 cm³/mol. The third kappa shape index (κ3) is 4.21. The molecular weight excluding hydrogens is 394 g/mol. The summed E-state index contributed by atoms with van der Waals surface area (Å²) in [5.74, 6) is 1.86. The lowest BCUT2D eigenvalue weighted by atomic mass is 10.1. The van der Waals surface area contributed by atoms with E-state index in [4.69, 9.17) is 19.3 Å². The number of hydrogen-bond donors (Lipinski definition) is 1. The number of benzene rings is 2. The van der Waals surface area contributed by atoms with Crippen LogP contribution in [0.5, 0.6) is 17.2 Å². The number of methoxy groups -OCH3 is 3. The van der Waals surface area contributed by atoms with Crippen LogP contribution in [0.25, 0.3) is 5.69 Å². The van der Waals surface area contributed by atoms with Gasteiger partial charge in [0.05, 0.1) is 38.8 Å². The number of rotatable bonds is 8. The zero-order valence-corrected chi connectivity index (χ0v) is 18.2. The van der Waals surface area contributed by atoms with Crippen molar-refractivity contribution in [2.75, 3.05) is 21.3 Å². The van der Waals surface area contributed by atoms with E-state index in [1.165, 1.54) is 0 Å². The number of aromatic nitrogens is 2. The lowest BCUT2D eigenvalue weighted by Crippen LogP contribution is -2.28. The van der Waals surface area contributed by atoms with Gasteiger partial charge in [-0.25, -0.2) is 4.68 Å². The van der Waals surface area contributed by atoms with Gasteiger partial charge in [-0.15, -0.1) is 0 Å². The van der Waals surface area contributed by atoms with Crippen LogP contribution in [0.1, 0.15) is 53.5 Å². The summed E-state index contributed by atoms with van der Waals surface area (Å²) < 4.78 is 18.0. The van der Waals surface area contributed by atoms with Crippen molar-refractivity contribution < 1.29 is 19.0 Å². The van der Waals surface area contributed by atoms with E-state index >= 15 is 0 Å². The number of hydrogen-bond acceptors (Lipinski definition) is 5. The Hall–Kier alpha value is -3.48. The van der Waals surface area contributed by atoms with E-state index in [1.807, 2.05) is 55.5 Å². The van der Waals surface area contributed by atoms with Crippen molar-refractivity contribution in [2.24, 2.45) is 0 Å². The number of nitrogens with one attached hydrogen (secondary N) is 1. The van der Waals surface area contributed by atoms with E-state index in [0.717, 1.165) is 29.8 Å². The summed E-state index contributed by atoms with van der Waals surface area (Å²) in [6.45, 7) is 1.92. The Kier molecular flexibility index (Phi) is 5.84. The summed E-state index contributed by atoms with van der Waals surface area (Å²) >= 11 is 0. The van der Waals surface area contributed by atoms with Gasteiger partial charge in [-0.3, -0.25) is 4.79 Å². The lowest BCUT2D eigenvalue weighted by Gasteiger charge is -2.19. The Morgan fingerprint density at radius 1 is 1.03 bits per heavy atom. The maximum Gasteiger partial charge on any atom is 0.270 e. The van der Waals surface area contributed by atoms with Crippen molar-refractivity contribution >= 4 is 5.91 Å². The summed E-state index contributed by atoms with van der Waals surface area (Å²) in [4.78, 5) is 13.3. The Morgan fingerprint density at radius 3 is 2.23 bits per heavy atom. The van der Waals surface area contributed by atoms with Crippen LogP contribution in [-0.4, -0.2) is 37.0 Å². The molecule has 1 aromatic heterocycles. The van der Waals surface area contributed by atoms with Crippen LogP contribution in [0.15, 0.2) is 48.5 Å².